The number of nitrogens with one attached hydrogen (secondary N) is 1. The zero-order valence-corrected chi connectivity index (χ0v) is 11.1. The van der Waals surface area contributed by atoms with Gasteiger partial charge in [-0.1, -0.05) is 25.2 Å². The Morgan fingerprint density at radius 3 is 2.67 bits per heavy atom. The molecule has 1 heterocycles. The molecule has 100 valence electrons. The first-order chi connectivity index (χ1) is 8.43. The number of nitro groups is 1. The van der Waals surface area contributed by atoms with Gasteiger partial charge in [-0.25, -0.2) is 0 Å². The Hall–Kier alpha value is -1.47. The summed E-state index contributed by atoms with van der Waals surface area (Å²) in [6.45, 7) is 3.84. The third-order valence-electron chi connectivity index (χ3n) is 2.31. The standard InChI is InChI=1S/C11H16N2O4S/c1-7(2)5-8(6-14)12-11(15)9-3-4-10(18-9)13(16)17/h3-4,7-8,14H,5-6H2,1-2H3,(H,12,15). The maximum atomic E-state index is 11.8. The van der Waals surface area contributed by atoms with Crippen LogP contribution in [-0.2, 0) is 0 Å². The van der Waals surface area contributed by atoms with Gasteiger partial charge in [0.25, 0.3) is 5.91 Å². The van der Waals surface area contributed by atoms with Crippen molar-refractivity contribution in [3.05, 3.63) is 27.1 Å². The van der Waals surface area contributed by atoms with Gasteiger partial charge in [0.15, 0.2) is 0 Å². The first kappa shape index (κ1) is 14.6. The summed E-state index contributed by atoms with van der Waals surface area (Å²) in [5, 5.41) is 22.2. The Bertz CT molecular complexity index is 430. The predicted molar refractivity (Wildman–Crippen MR) is 68.8 cm³/mol. The number of carbonyl (C=O) groups excluding carboxylic acids is 1. The molecule has 1 unspecified atom stereocenters. The summed E-state index contributed by atoms with van der Waals surface area (Å²) in [5.41, 5.74) is 0. The molecular formula is C11H16N2O4S. The molecule has 0 saturated heterocycles. The fourth-order valence-corrected chi connectivity index (χ4v) is 2.28. The van der Waals surface area contributed by atoms with E-state index in [2.05, 4.69) is 5.32 Å². The van der Waals surface area contributed by atoms with Crippen molar-refractivity contribution < 1.29 is 14.8 Å². The van der Waals surface area contributed by atoms with Crippen molar-refractivity contribution in [2.24, 2.45) is 5.92 Å². The summed E-state index contributed by atoms with van der Waals surface area (Å²) in [7, 11) is 0. The average Bonchev–Trinajstić information content (AvgIpc) is 2.76. The highest BCUT2D eigenvalue weighted by atomic mass is 32.1. The highest BCUT2D eigenvalue weighted by Crippen LogP contribution is 2.23. The summed E-state index contributed by atoms with van der Waals surface area (Å²) >= 11 is 0.828. The van der Waals surface area contributed by atoms with Crippen LogP contribution in [0.2, 0.25) is 0 Å². The summed E-state index contributed by atoms with van der Waals surface area (Å²) in [6.07, 6.45) is 0.662. The number of thiophene rings is 1. The number of nitrogens with zero attached hydrogens (tertiary/aromatic N) is 1. The molecule has 0 bridgehead atoms. The van der Waals surface area contributed by atoms with Crippen LogP contribution in [0.15, 0.2) is 12.1 Å². The maximum Gasteiger partial charge on any atom is 0.324 e. The minimum Gasteiger partial charge on any atom is -0.394 e. The van der Waals surface area contributed by atoms with Gasteiger partial charge in [0.05, 0.1) is 22.4 Å². The van der Waals surface area contributed by atoms with E-state index < -0.39 is 4.92 Å². The van der Waals surface area contributed by atoms with Crippen LogP contribution < -0.4 is 5.32 Å². The predicted octanol–water partition coefficient (Wildman–Crippen LogP) is 1.79. The summed E-state index contributed by atoms with van der Waals surface area (Å²) in [6, 6.07) is 2.40. The van der Waals surface area contributed by atoms with Gasteiger partial charge in [0, 0.05) is 6.07 Å². The van der Waals surface area contributed by atoms with Crippen LogP contribution in [0, 0.1) is 16.0 Å². The summed E-state index contributed by atoms with van der Waals surface area (Å²) < 4.78 is 0. The van der Waals surface area contributed by atoms with Crippen LogP contribution in [0.3, 0.4) is 0 Å². The Kier molecular flexibility index (Phi) is 5.24. The lowest BCUT2D eigenvalue weighted by Gasteiger charge is -2.17. The van der Waals surface area contributed by atoms with E-state index in [1.54, 1.807) is 0 Å². The Morgan fingerprint density at radius 2 is 2.22 bits per heavy atom. The number of hydrogen-bond donors (Lipinski definition) is 2. The number of hydrogen-bond acceptors (Lipinski definition) is 5. The van der Waals surface area contributed by atoms with Gasteiger partial charge in [-0.05, 0) is 18.4 Å². The molecule has 2 N–H and O–H groups in total. The molecule has 0 spiro atoms. The van der Waals surface area contributed by atoms with Gasteiger partial charge in [0.2, 0.25) is 0 Å². The van der Waals surface area contributed by atoms with Crippen molar-refractivity contribution in [1.29, 1.82) is 0 Å². The molecule has 0 radical (unpaired) electrons. The second kappa shape index (κ2) is 6.46. The number of aliphatic hydroxyl groups excluding tert-OH is 1. The van der Waals surface area contributed by atoms with Crippen LogP contribution >= 0.6 is 11.3 Å². The second-order valence-electron chi connectivity index (χ2n) is 4.38. The third-order valence-corrected chi connectivity index (χ3v) is 3.34. The first-order valence-electron chi connectivity index (χ1n) is 5.60. The molecule has 0 saturated carbocycles. The molecule has 1 aromatic rings. The van der Waals surface area contributed by atoms with Crippen LogP contribution in [0.4, 0.5) is 5.00 Å². The fourth-order valence-electron chi connectivity index (χ4n) is 1.55. The molecule has 0 aliphatic rings. The van der Waals surface area contributed by atoms with E-state index in [-0.39, 0.29) is 28.4 Å². The lowest BCUT2D eigenvalue weighted by Crippen LogP contribution is -2.38. The van der Waals surface area contributed by atoms with Gasteiger partial charge in [0.1, 0.15) is 0 Å². The van der Waals surface area contributed by atoms with E-state index in [0.29, 0.717) is 12.3 Å². The molecule has 1 amide bonds. The van der Waals surface area contributed by atoms with E-state index in [1.165, 1.54) is 12.1 Å². The SMILES string of the molecule is CC(C)CC(CO)NC(=O)c1ccc([N+](=O)[O-])s1. The highest BCUT2D eigenvalue weighted by Gasteiger charge is 2.18. The fraction of sp³-hybridized carbons (Fsp3) is 0.545. The largest absolute Gasteiger partial charge is 0.394 e. The zero-order valence-electron chi connectivity index (χ0n) is 10.3. The highest BCUT2D eigenvalue weighted by molar-refractivity contribution is 7.17. The van der Waals surface area contributed by atoms with Crippen LogP contribution in [0.25, 0.3) is 0 Å². The minimum atomic E-state index is -0.529. The van der Waals surface area contributed by atoms with Crippen molar-refractivity contribution in [3.63, 3.8) is 0 Å². The number of aliphatic hydroxyl groups is 1. The number of rotatable bonds is 6. The Labute approximate surface area is 109 Å². The first-order valence-corrected chi connectivity index (χ1v) is 6.41. The lowest BCUT2D eigenvalue weighted by molar-refractivity contribution is -0.380. The van der Waals surface area contributed by atoms with Gasteiger partial charge in [-0.15, -0.1) is 0 Å². The Morgan fingerprint density at radius 1 is 1.56 bits per heavy atom. The molecule has 6 nitrogen and oxygen atoms in total. The van der Waals surface area contributed by atoms with Crippen LogP contribution in [-0.4, -0.2) is 28.6 Å². The summed E-state index contributed by atoms with van der Waals surface area (Å²) in [5.74, 6) is -0.0343. The van der Waals surface area contributed by atoms with Crippen molar-refractivity contribution in [2.45, 2.75) is 26.3 Å². The topological polar surface area (TPSA) is 92.5 Å². The summed E-state index contributed by atoms with van der Waals surface area (Å²) in [4.78, 5) is 22.1. The molecule has 0 aromatic carbocycles. The molecule has 0 aliphatic carbocycles. The maximum absolute atomic E-state index is 11.8. The molecule has 1 aromatic heterocycles. The van der Waals surface area contributed by atoms with Crippen LogP contribution in [0.5, 0.6) is 0 Å². The lowest BCUT2D eigenvalue weighted by atomic mass is 10.0. The van der Waals surface area contributed by atoms with Gasteiger partial charge in [-0.2, -0.15) is 0 Å². The second-order valence-corrected chi connectivity index (χ2v) is 5.44. The van der Waals surface area contributed by atoms with E-state index in [4.69, 9.17) is 5.11 Å². The smallest absolute Gasteiger partial charge is 0.324 e. The van der Waals surface area contributed by atoms with Crippen LogP contribution in [0.1, 0.15) is 29.9 Å². The Balaban J connectivity index is 2.65. The molecular weight excluding hydrogens is 256 g/mol. The minimum absolute atomic E-state index is 0.0652. The quantitative estimate of drug-likeness (QED) is 0.610. The molecule has 0 aliphatic heterocycles. The average molecular weight is 272 g/mol. The van der Waals surface area contributed by atoms with E-state index in [9.17, 15) is 14.9 Å². The number of carbonyl (C=O) groups is 1. The van der Waals surface area contributed by atoms with Crippen molar-refractivity contribution in [2.75, 3.05) is 6.61 Å². The van der Waals surface area contributed by atoms with Gasteiger partial charge in [-0.3, -0.25) is 14.9 Å². The van der Waals surface area contributed by atoms with Gasteiger partial charge >= 0.3 is 5.00 Å². The molecule has 7 heteroatoms. The van der Waals surface area contributed by atoms with E-state index >= 15 is 0 Å². The zero-order chi connectivity index (χ0) is 13.7. The number of amides is 1. The molecule has 1 atom stereocenters. The van der Waals surface area contributed by atoms with Crippen molar-refractivity contribution in [1.82, 2.24) is 5.32 Å². The van der Waals surface area contributed by atoms with E-state index in [1.807, 2.05) is 13.8 Å². The van der Waals surface area contributed by atoms with Gasteiger partial charge < -0.3 is 10.4 Å². The molecule has 0 fully saturated rings. The molecule has 18 heavy (non-hydrogen) atoms. The van der Waals surface area contributed by atoms with Crippen molar-refractivity contribution >= 4 is 22.2 Å². The normalized spacial score (nSPS) is 12.4. The van der Waals surface area contributed by atoms with E-state index in [0.717, 1.165) is 11.3 Å². The monoisotopic (exact) mass is 272 g/mol. The third kappa shape index (κ3) is 4.08. The van der Waals surface area contributed by atoms with Crippen molar-refractivity contribution in [3.8, 4) is 0 Å². The molecule has 1 rings (SSSR count).